The number of hydrogen-bond acceptors (Lipinski definition) is 5. The van der Waals surface area contributed by atoms with Crippen LogP contribution in [0.15, 0.2) is 0 Å². The van der Waals surface area contributed by atoms with Crippen molar-refractivity contribution in [2.45, 2.75) is 32.0 Å². The molecule has 0 aliphatic carbocycles. The minimum atomic E-state index is -1.29. The molecule has 0 saturated carbocycles. The van der Waals surface area contributed by atoms with E-state index in [4.69, 9.17) is 14.6 Å². The van der Waals surface area contributed by atoms with E-state index in [0.717, 1.165) is 11.8 Å². The van der Waals surface area contributed by atoms with Gasteiger partial charge in [-0.05, 0) is 0 Å². The molecular weight excluding hydrogens is 220 g/mol. The molecule has 1 aliphatic heterocycles. The van der Waals surface area contributed by atoms with Gasteiger partial charge in [0.1, 0.15) is 0 Å². The third kappa shape index (κ3) is 2.43. The smallest absolute Gasteiger partial charge is 0.347 e. The zero-order valence-electron chi connectivity index (χ0n) is 8.85. The molecule has 1 heterocycles. The van der Waals surface area contributed by atoms with Crippen LogP contribution in [0.25, 0.3) is 0 Å². The highest BCUT2D eigenvalue weighted by atomic mass is 32.2. The number of carboxylic acid groups (broad SMARTS) is 1. The predicted molar refractivity (Wildman–Crippen MR) is 54.3 cm³/mol. The molecule has 1 aliphatic rings. The van der Waals surface area contributed by atoms with E-state index >= 15 is 0 Å². The third-order valence-corrected chi connectivity index (χ3v) is 3.71. The highest BCUT2D eigenvalue weighted by Crippen LogP contribution is 2.42. The molecule has 15 heavy (non-hydrogen) atoms. The Morgan fingerprint density at radius 1 is 1.60 bits per heavy atom. The fourth-order valence-corrected chi connectivity index (χ4v) is 2.51. The van der Waals surface area contributed by atoms with Crippen molar-refractivity contribution >= 4 is 23.7 Å². The van der Waals surface area contributed by atoms with Crippen molar-refractivity contribution in [2.75, 3.05) is 5.75 Å². The molecular formula is C9H14O5S. The molecule has 1 saturated heterocycles. The minimum absolute atomic E-state index is 0.194. The number of thioether (sulfide) groups is 1. The first kappa shape index (κ1) is 12.3. The first-order valence-electron chi connectivity index (χ1n) is 4.61. The zero-order chi connectivity index (χ0) is 11.6. The second kappa shape index (κ2) is 4.40. The number of hydrogen-bond donors (Lipinski definition) is 1. The lowest BCUT2D eigenvalue weighted by molar-refractivity contribution is -0.196. The normalized spacial score (nSPS) is 30.5. The van der Waals surface area contributed by atoms with E-state index in [1.807, 2.05) is 0 Å². The van der Waals surface area contributed by atoms with Gasteiger partial charge in [0.15, 0.2) is 0 Å². The summed E-state index contributed by atoms with van der Waals surface area (Å²) in [6, 6.07) is 0. The molecule has 6 heteroatoms. The Balaban J connectivity index is 2.72. The molecule has 1 rings (SSSR count). The van der Waals surface area contributed by atoms with Gasteiger partial charge in [-0.25, -0.2) is 4.79 Å². The van der Waals surface area contributed by atoms with E-state index in [2.05, 4.69) is 0 Å². The average molecular weight is 234 g/mol. The number of esters is 1. The van der Waals surface area contributed by atoms with Gasteiger partial charge in [-0.1, -0.05) is 13.8 Å². The summed E-state index contributed by atoms with van der Waals surface area (Å²) < 4.78 is 10.1. The molecule has 1 fully saturated rings. The van der Waals surface area contributed by atoms with Crippen molar-refractivity contribution in [1.29, 1.82) is 0 Å². The molecule has 1 N–H and O–H groups in total. The number of ether oxygens (including phenoxy) is 2. The van der Waals surface area contributed by atoms with Gasteiger partial charge >= 0.3 is 11.9 Å². The summed E-state index contributed by atoms with van der Waals surface area (Å²) in [6.07, 6.45) is -0.758. The standard InChI is InChI=1S/C9H14O5S/c1-5(2)9(8(11)12)14-7(4-15-9)13-6(3)10/h5,7H,4H2,1-3H3,(H,11,12)/t7-,9-/m0/s1. The third-order valence-electron chi connectivity index (χ3n) is 2.10. The number of carboxylic acids is 1. The van der Waals surface area contributed by atoms with E-state index in [9.17, 15) is 9.59 Å². The summed E-state index contributed by atoms with van der Waals surface area (Å²) in [4.78, 5) is 20.5. The molecule has 0 aromatic heterocycles. The summed E-state index contributed by atoms with van der Waals surface area (Å²) in [5, 5.41) is 9.10. The Kier molecular flexibility index (Phi) is 3.62. The molecule has 0 amide bonds. The van der Waals surface area contributed by atoms with Crippen molar-refractivity contribution in [1.82, 2.24) is 0 Å². The molecule has 2 atom stereocenters. The summed E-state index contributed by atoms with van der Waals surface area (Å²) in [6.45, 7) is 4.79. The van der Waals surface area contributed by atoms with Crippen molar-refractivity contribution in [3.05, 3.63) is 0 Å². The van der Waals surface area contributed by atoms with Crippen LogP contribution in [0.2, 0.25) is 0 Å². The SMILES string of the molecule is CC(=O)O[C@@H]1CS[C@](C(=O)O)(C(C)C)O1. The maximum absolute atomic E-state index is 11.1. The average Bonchev–Trinajstić information content (AvgIpc) is 2.48. The summed E-state index contributed by atoms with van der Waals surface area (Å²) in [5.41, 5.74) is 0. The predicted octanol–water partition coefficient (Wildman–Crippen LogP) is 1.08. The number of rotatable bonds is 3. The maximum atomic E-state index is 11.1. The Morgan fingerprint density at radius 3 is 2.53 bits per heavy atom. The Morgan fingerprint density at radius 2 is 2.20 bits per heavy atom. The van der Waals surface area contributed by atoms with Crippen molar-refractivity contribution in [3.8, 4) is 0 Å². The first-order valence-corrected chi connectivity index (χ1v) is 5.59. The molecule has 0 aromatic carbocycles. The van der Waals surface area contributed by atoms with Crippen LogP contribution in [0.4, 0.5) is 0 Å². The van der Waals surface area contributed by atoms with Crippen LogP contribution in [-0.2, 0) is 19.1 Å². The second-order valence-corrected chi connectivity index (χ2v) is 4.82. The second-order valence-electron chi connectivity index (χ2n) is 3.60. The van der Waals surface area contributed by atoms with Crippen molar-refractivity contribution in [3.63, 3.8) is 0 Å². The van der Waals surface area contributed by atoms with E-state index in [1.54, 1.807) is 13.8 Å². The number of carbonyl (C=O) groups excluding carboxylic acids is 1. The van der Waals surface area contributed by atoms with Crippen LogP contribution in [-0.4, -0.2) is 34.0 Å². The molecule has 86 valence electrons. The van der Waals surface area contributed by atoms with Gasteiger partial charge in [0.05, 0.1) is 5.75 Å². The van der Waals surface area contributed by atoms with Crippen LogP contribution in [0.1, 0.15) is 20.8 Å². The fourth-order valence-electron chi connectivity index (χ4n) is 1.36. The maximum Gasteiger partial charge on any atom is 0.347 e. The van der Waals surface area contributed by atoms with Gasteiger partial charge in [0.25, 0.3) is 0 Å². The minimum Gasteiger partial charge on any atom is -0.478 e. The number of carbonyl (C=O) groups is 2. The Hall–Kier alpha value is -0.750. The fraction of sp³-hybridized carbons (Fsp3) is 0.778. The van der Waals surface area contributed by atoms with Gasteiger partial charge in [-0.15, -0.1) is 11.8 Å². The van der Waals surface area contributed by atoms with Crippen LogP contribution >= 0.6 is 11.8 Å². The van der Waals surface area contributed by atoms with Crippen LogP contribution in [0.5, 0.6) is 0 Å². The lowest BCUT2D eigenvalue weighted by Gasteiger charge is -2.26. The van der Waals surface area contributed by atoms with E-state index < -0.39 is 23.2 Å². The van der Waals surface area contributed by atoms with Gasteiger partial charge in [0, 0.05) is 12.8 Å². The topological polar surface area (TPSA) is 72.8 Å². The largest absolute Gasteiger partial charge is 0.478 e. The highest BCUT2D eigenvalue weighted by Gasteiger charge is 2.51. The van der Waals surface area contributed by atoms with E-state index in [-0.39, 0.29) is 5.92 Å². The van der Waals surface area contributed by atoms with Gasteiger partial charge in [-0.3, -0.25) is 4.79 Å². The monoisotopic (exact) mass is 234 g/mol. The molecule has 0 spiro atoms. The van der Waals surface area contributed by atoms with E-state index in [0.29, 0.717) is 5.75 Å². The van der Waals surface area contributed by atoms with Crippen molar-refractivity contribution in [2.24, 2.45) is 5.92 Å². The highest BCUT2D eigenvalue weighted by molar-refractivity contribution is 8.01. The Bertz CT molecular complexity index is 278. The van der Waals surface area contributed by atoms with Gasteiger partial charge in [-0.2, -0.15) is 0 Å². The molecule has 5 nitrogen and oxygen atoms in total. The van der Waals surface area contributed by atoms with Gasteiger partial charge < -0.3 is 14.6 Å². The molecule has 0 aromatic rings. The summed E-state index contributed by atoms with van der Waals surface area (Å²) in [7, 11) is 0. The summed E-state index contributed by atoms with van der Waals surface area (Å²) in [5.74, 6) is -1.34. The van der Waals surface area contributed by atoms with Crippen LogP contribution in [0, 0.1) is 5.92 Å². The Labute approximate surface area is 92.1 Å². The lowest BCUT2D eigenvalue weighted by Crippen LogP contribution is -2.41. The number of aliphatic carboxylic acids is 1. The molecule has 0 radical (unpaired) electrons. The zero-order valence-corrected chi connectivity index (χ0v) is 9.67. The van der Waals surface area contributed by atoms with Crippen LogP contribution in [0.3, 0.4) is 0 Å². The van der Waals surface area contributed by atoms with E-state index in [1.165, 1.54) is 6.92 Å². The quantitative estimate of drug-likeness (QED) is 0.736. The van der Waals surface area contributed by atoms with Crippen LogP contribution < -0.4 is 0 Å². The lowest BCUT2D eigenvalue weighted by atomic mass is 10.1. The molecule has 0 unspecified atom stereocenters. The van der Waals surface area contributed by atoms with Gasteiger partial charge in [0.2, 0.25) is 11.2 Å². The van der Waals surface area contributed by atoms with Crippen molar-refractivity contribution < 1.29 is 24.2 Å². The summed E-state index contributed by atoms with van der Waals surface area (Å²) >= 11 is 1.16. The molecule has 0 bridgehead atoms. The first-order chi connectivity index (χ1) is 6.88.